The molecule has 1 aliphatic heterocycles. The fraction of sp³-hybridized carbons (Fsp3) is 0.667. The van der Waals surface area contributed by atoms with Crippen LogP contribution in [-0.2, 0) is 4.79 Å². The second-order valence-electron chi connectivity index (χ2n) is 7.22. The summed E-state index contributed by atoms with van der Waals surface area (Å²) in [6, 6.07) is 0.301. The maximum atomic E-state index is 11.2. The predicted octanol–water partition coefficient (Wildman–Crippen LogP) is 0.484. The maximum absolute atomic E-state index is 11.2. The highest BCUT2D eigenvalue weighted by molar-refractivity contribution is 5.76. The largest absolute Gasteiger partial charge is 0.463 e. The number of aromatic nitrogens is 2. The molecule has 24 heavy (non-hydrogen) atoms. The molecule has 9 heteroatoms. The lowest BCUT2D eigenvalue weighted by Crippen LogP contribution is -2.36. The summed E-state index contributed by atoms with van der Waals surface area (Å²) in [5.74, 6) is 6.36. The summed E-state index contributed by atoms with van der Waals surface area (Å²) >= 11 is 0. The molecule has 1 amide bonds. The second-order valence-corrected chi connectivity index (χ2v) is 7.22. The van der Waals surface area contributed by atoms with Gasteiger partial charge in [-0.3, -0.25) is 4.79 Å². The van der Waals surface area contributed by atoms with Gasteiger partial charge in [-0.2, -0.15) is 9.97 Å². The molecule has 0 aromatic carbocycles. The molecule has 0 unspecified atom stereocenters. The van der Waals surface area contributed by atoms with Crippen LogP contribution in [0.2, 0.25) is 0 Å². The second kappa shape index (κ2) is 7.08. The summed E-state index contributed by atoms with van der Waals surface area (Å²) in [7, 11) is 0. The van der Waals surface area contributed by atoms with Gasteiger partial charge >= 0.3 is 6.01 Å². The smallest absolute Gasteiger partial charge is 0.320 e. The Kier molecular flexibility index (Phi) is 5.33. The highest BCUT2D eigenvalue weighted by atomic mass is 16.5. The highest BCUT2D eigenvalue weighted by Gasteiger charge is 2.27. The van der Waals surface area contributed by atoms with E-state index in [1.807, 2.05) is 4.90 Å². The van der Waals surface area contributed by atoms with Crippen LogP contribution in [0.25, 0.3) is 0 Å². The minimum atomic E-state index is -0.0453. The molecule has 9 nitrogen and oxygen atoms in total. The monoisotopic (exact) mass is 337 g/mol. The Hall–Kier alpha value is -2.29. The third kappa shape index (κ3) is 4.60. The SMILES string of the molecule is CC(=O)N[C@H]1CCN(c2nc(OCC(C)(C)C)nc(NN)c2N)C1. The van der Waals surface area contributed by atoms with E-state index in [1.54, 1.807) is 0 Å². The average molecular weight is 337 g/mol. The van der Waals surface area contributed by atoms with E-state index in [4.69, 9.17) is 16.3 Å². The molecule has 0 saturated carbocycles. The number of amides is 1. The van der Waals surface area contributed by atoms with Crippen molar-refractivity contribution < 1.29 is 9.53 Å². The zero-order valence-corrected chi connectivity index (χ0v) is 14.7. The third-order valence-electron chi connectivity index (χ3n) is 3.57. The Bertz CT molecular complexity index is 600. The van der Waals surface area contributed by atoms with Gasteiger partial charge in [0.2, 0.25) is 5.91 Å². The van der Waals surface area contributed by atoms with Crippen LogP contribution in [0.15, 0.2) is 0 Å². The normalized spacial score (nSPS) is 17.7. The van der Waals surface area contributed by atoms with Crippen molar-refractivity contribution >= 4 is 23.2 Å². The Morgan fingerprint density at radius 2 is 2.12 bits per heavy atom. The fourth-order valence-electron chi connectivity index (χ4n) is 2.49. The summed E-state index contributed by atoms with van der Waals surface area (Å²) in [6.45, 7) is 9.52. The lowest BCUT2D eigenvalue weighted by Gasteiger charge is -2.22. The molecule has 1 saturated heterocycles. The zero-order valence-electron chi connectivity index (χ0n) is 14.7. The number of carbonyl (C=O) groups is 1. The number of nitrogen functional groups attached to an aromatic ring is 2. The topological polar surface area (TPSA) is 131 Å². The van der Waals surface area contributed by atoms with E-state index in [1.165, 1.54) is 6.92 Å². The number of hydrogen-bond donors (Lipinski definition) is 4. The van der Waals surface area contributed by atoms with Crippen molar-refractivity contribution in [2.45, 2.75) is 40.2 Å². The zero-order chi connectivity index (χ0) is 17.9. The van der Waals surface area contributed by atoms with Crippen LogP contribution >= 0.6 is 0 Å². The number of carbonyl (C=O) groups excluding carboxylic acids is 1. The van der Waals surface area contributed by atoms with E-state index in [0.29, 0.717) is 30.5 Å². The Morgan fingerprint density at radius 3 is 2.71 bits per heavy atom. The van der Waals surface area contributed by atoms with Gasteiger partial charge < -0.3 is 26.1 Å². The van der Waals surface area contributed by atoms with Crippen molar-refractivity contribution in [3.8, 4) is 6.01 Å². The molecule has 0 bridgehead atoms. The summed E-state index contributed by atoms with van der Waals surface area (Å²) in [6.07, 6.45) is 0.826. The number of ether oxygens (including phenoxy) is 1. The summed E-state index contributed by atoms with van der Waals surface area (Å²) < 4.78 is 5.69. The Balaban J connectivity index is 2.20. The van der Waals surface area contributed by atoms with E-state index in [2.05, 4.69) is 41.5 Å². The maximum Gasteiger partial charge on any atom is 0.320 e. The Labute approximate surface area is 142 Å². The van der Waals surface area contributed by atoms with Crippen molar-refractivity contribution in [3.05, 3.63) is 0 Å². The molecule has 1 aliphatic rings. The predicted molar refractivity (Wildman–Crippen MR) is 93.6 cm³/mol. The van der Waals surface area contributed by atoms with E-state index >= 15 is 0 Å². The van der Waals surface area contributed by atoms with Gasteiger partial charge in [-0.15, -0.1) is 0 Å². The van der Waals surface area contributed by atoms with Gasteiger partial charge in [0.25, 0.3) is 0 Å². The highest BCUT2D eigenvalue weighted by Crippen LogP contribution is 2.31. The number of nitrogens with zero attached hydrogens (tertiary/aromatic N) is 3. The summed E-state index contributed by atoms with van der Waals surface area (Å²) in [4.78, 5) is 21.9. The van der Waals surface area contributed by atoms with E-state index in [-0.39, 0.29) is 23.4 Å². The number of nitrogens with one attached hydrogen (secondary N) is 2. The van der Waals surface area contributed by atoms with Crippen molar-refractivity contribution in [2.24, 2.45) is 11.3 Å². The number of rotatable bonds is 5. The molecule has 1 fully saturated rings. The third-order valence-corrected chi connectivity index (χ3v) is 3.57. The first kappa shape index (κ1) is 18.1. The molecule has 0 aliphatic carbocycles. The molecule has 2 heterocycles. The first-order valence-corrected chi connectivity index (χ1v) is 7.98. The number of hydrazine groups is 1. The van der Waals surface area contributed by atoms with Crippen molar-refractivity contribution in [1.82, 2.24) is 15.3 Å². The molecule has 6 N–H and O–H groups in total. The van der Waals surface area contributed by atoms with Gasteiger partial charge in [-0.25, -0.2) is 5.84 Å². The van der Waals surface area contributed by atoms with Gasteiger partial charge in [0.15, 0.2) is 11.6 Å². The van der Waals surface area contributed by atoms with E-state index < -0.39 is 0 Å². The van der Waals surface area contributed by atoms with Gasteiger partial charge in [0.05, 0.1) is 6.61 Å². The quantitative estimate of drug-likeness (QED) is 0.451. The van der Waals surface area contributed by atoms with Crippen molar-refractivity contribution in [1.29, 1.82) is 0 Å². The summed E-state index contributed by atoms with van der Waals surface area (Å²) in [5.41, 5.74) is 8.95. The van der Waals surface area contributed by atoms with Gasteiger partial charge in [0, 0.05) is 26.1 Å². The number of anilines is 3. The average Bonchev–Trinajstić information content (AvgIpc) is 2.92. The number of hydrogen-bond acceptors (Lipinski definition) is 8. The minimum Gasteiger partial charge on any atom is -0.463 e. The van der Waals surface area contributed by atoms with Gasteiger partial charge in [-0.05, 0) is 11.8 Å². The molecule has 1 aromatic rings. The van der Waals surface area contributed by atoms with Crippen molar-refractivity contribution in [3.63, 3.8) is 0 Å². The molecule has 1 atom stereocenters. The van der Waals surface area contributed by atoms with Crippen LogP contribution in [0, 0.1) is 5.41 Å². The first-order chi connectivity index (χ1) is 11.2. The molecular weight excluding hydrogens is 310 g/mol. The molecule has 0 spiro atoms. The van der Waals surface area contributed by atoms with Crippen LogP contribution in [0.5, 0.6) is 6.01 Å². The van der Waals surface area contributed by atoms with Gasteiger partial charge in [-0.1, -0.05) is 20.8 Å². The summed E-state index contributed by atoms with van der Waals surface area (Å²) in [5, 5.41) is 2.91. The lowest BCUT2D eigenvalue weighted by molar-refractivity contribution is -0.119. The standard InChI is InChI=1S/C15H27N7O2/c1-9(23)18-10-5-6-22(7-10)13-11(16)12(21-17)19-14(20-13)24-8-15(2,3)4/h10H,5-8,16-17H2,1-4H3,(H,18,23)(H,19,20,21)/t10-/m0/s1. The van der Waals surface area contributed by atoms with E-state index in [9.17, 15) is 4.79 Å². The minimum absolute atomic E-state index is 0.0225. The molecule has 0 radical (unpaired) electrons. The van der Waals surface area contributed by atoms with Crippen LogP contribution < -0.4 is 32.0 Å². The van der Waals surface area contributed by atoms with Crippen LogP contribution in [0.4, 0.5) is 17.3 Å². The number of nitrogens with two attached hydrogens (primary N) is 2. The van der Waals surface area contributed by atoms with E-state index in [0.717, 1.165) is 13.0 Å². The first-order valence-electron chi connectivity index (χ1n) is 7.98. The van der Waals surface area contributed by atoms with Crippen LogP contribution in [0.1, 0.15) is 34.1 Å². The van der Waals surface area contributed by atoms with Crippen LogP contribution in [-0.4, -0.2) is 41.6 Å². The Morgan fingerprint density at radius 1 is 1.42 bits per heavy atom. The van der Waals surface area contributed by atoms with Crippen LogP contribution in [0.3, 0.4) is 0 Å². The van der Waals surface area contributed by atoms with Gasteiger partial charge in [0.1, 0.15) is 5.69 Å². The molecular formula is C15H27N7O2. The van der Waals surface area contributed by atoms with Crippen molar-refractivity contribution in [2.75, 3.05) is 35.8 Å². The fourth-order valence-corrected chi connectivity index (χ4v) is 2.49. The molecule has 2 rings (SSSR count). The lowest BCUT2D eigenvalue weighted by atomic mass is 9.99. The molecule has 1 aromatic heterocycles. The molecule has 134 valence electrons.